The van der Waals surface area contributed by atoms with Crippen molar-refractivity contribution in [1.82, 2.24) is 20.4 Å². The van der Waals surface area contributed by atoms with E-state index in [1.54, 1.807) is 14.2 Å². The minimum atomic E-state index is 0.706. The molecule has 0 unspecified atom stereocenters. The van der Waals surface area contributed by atoms with E-state index < -0.39 is 0 Å². The standard InChI is InChI=1S/C22H24N6O2/c1-29-17-7-3-15(4-8-17)19-13-21(27-25-19)23-11-12-24-22-14-20(26-28-22)16-5-9-18(30-2)10-6-16/h3-10,13-14H,11-12H2,1-2H3,(H2,23,25,27)(H2,24,26,28). The molecule has 0 aliphatic carbocycles. The molecule has 0 aliphatic rings. The van der Waals surface area contributed by atoms with Crippen LogP contribution >= 0.6 is 0 Å². The Kier molecular flexibility index (Phi) is 5.84. The van der Waals surface area contributed by atoms with Gasteiger partial charge in [0.05, 0.1) is 25.6 Å². The van der Waals surface area contributed by atoms with Crippen LogP contribution in [0.1, 0.15) is 0 Å². The number of rotatable bonds is 9. The van der Waals surface area contributed by atoms with Gasteiger partial charge in [-0.1, -0.05) is 0 Å². The first-order valence-electron chi connectivity index (χ1n) is 9.62. The minimum absolute atomic E-state index is 0.706. The highest BCUT2D eigenvalue weighted by Gasteiger charge is 2.05. The van der Waals surface area contributed by atoms with Crippen LogP contribution in [0, 0.1) is 0 Å². The fraction of sp³-hybridized carbons (Fsp3) is 0.182. The van der Waals surface area contributed by atoms with Crippen molar-refractivity contribution in [2.75, 3.05) is 37.9 Å². The summed E-state index contributed by atoms with van der Waals surface area (Å²) in [5.74, 6) is 3.25. The topological polar surface area (TPSA) is 99.9 Å². The normalized spacial score (nSPS) is 10.6. The van der Waals surface area contributed by atoms with Crippen LogP contribution in [0.5, 0.6) is 11.5 Å². The number of nitrogens with one attached hydrogen (secondary N) is 4. The van der Waals surface area contributed by atoms with Gasteiger partial charge in [0.15, 0.2) is 0 Å². The number of anilines is 2. The molecule has 0 bridgehead atoms. The molecule has 154 valence electrons. The zero-order valence-electron chi connectivity index (χ0n) is 16.9. The number of ether oxygens (including phenoxy) is 2. The molecule has 0 atom stereocenters. The smallest absolute Gasteiger partial charge is 0.148 e. The summed E-state index contributed by atoms with van der Waals surface area (Å²) in [6.07, 6.45) is 0. The van der Waals surface area contributed by atoms with Crippen molar-refractivity contribution in [3.63, 3.8) is 0 Å². The second-order valence-electron chi connectivity index (χ2n) is 6.64. The molecule has 0 aliphatic heterocycles. The van der Waals surface area contributed by atoms with Crippen molar-refractivity contribution in [2.45, 2.75) is 0 Å². The lowest BCUT2D eigenvalue weighted by atomic mass is 10.1. The number of aromatic amines is 2. The Morgan fingerprint density at radius 2 is 1.07 bits per heavy atom. The molecule has 8 heteroatoms. The van der Waals surface area contributed by atoms with E-state index in [9.17, 15) is 0 Å². The van der Waals surface area contributed by atoms with Gasteiger partial charge in [-0.2, -0.15) is 10.2 Å². The summed E-state index contributed by atoms with van der Waals surface area (Å²) in [4.78, 5) is 0. The average Bonchev–Trinajstić information content (AvgIpc) is 3.47. The van der Waals surface area contributed by atoms with Gasteiger partial charge in [0.1, 0.15) is 23.1 Å². The van der Waals surface area contributed by atoms with E-state index in [1.807, 2.05) is 60.7 Å². The van der Waals surface area contributed by atoms with E-state index in [0.29, 0.717) is 13.1 Å². The second-order valence-corrected chi connectivity index (χ2v) is 6.64. The molecule has 0 amide bonds. The number of H-pyrrole nitrogens is 2. The van der Waals surface area contributed by atoms with Crippen molar-refractivity contribution in [3.05, 3.63) is 60.7 Å². The summed E-state index contributed by atoms with van der Waals surface area (Å²) in [6.45, 7) is 1.41. The Bertz CT molecular complexity index is 982. The highest BCUT2D eigenvalue weighted by atomic mass is 16.5. The lowest BCUT2D eigenvalue weighted by Crippen LogP contribution is -2.13. The van der Waals surface area contributed by atoms with Crippen LogP contribution in [-0.4, -0.2) is 47.7 Å². The Morgan fingerprint density at radius 3 is 1.43 bits per heavy atom. The Morgan fingerprint density at radius 1 is 0.667 bits per heavy atom. The molecule has 4 aromatic rings. The first-order chi connectivity index (χ1) is 14.7. The molecule has 0 spiro atoms. The molecule has 30 heavy (non-hydrogen) atoms. The third kappa shape index (κ3) is 4.54. The summed E-state index contributed by atoms with van der Waals surface area (Å²) in [5.41, 5.74) is 4.00. The predicted octanol–water partition coefficient (Wildman–Crippen LogP) is 4.01. The summed E-state index contributed by atoms with van der Waals surface area (Å²) in [6, 6.07) is 19.7. The Hall–Kier alpha value is -3.94. The SMILES string of the molecule is COc1ccc(-c2cc(NCCNc3cc(-c4ccc(OC)cc4)[nH]n3)n[nH]2)cc1. The number of hydrogen-bond acceptors (Lipinski definition) is 6. The fourth-order valence-corrected chi connectivity index (χ4v) is 3.04. The van der Waals surface area contributed by atoms with E-state index in [-0.39, 0.29) is 0 Å². The van der Waals surface area contributed by atoms with E-state index >= 15 is 0 Å². The quantitative estimate of drug-likeness (QED) is 0.315. The van der Waals surface area contributed by atoms with Crippen LogP contribution in [0.25, 0.3) is 22.5 Å². The molecule has 2 aromatic heterocycles. The van der Waals surface area contributed by atoms with Crippen molar-refractivity contribution in [2.24, 2.45) is 0 Å². The number of nitrogens with zero attached hydrogens (tertiary/aromatic N) is 2. The maximum Gasteiger partial charge on any atom is 0.148 e. The van der Waals surface area contributed by atoms with Crippen molar-refractivity contribution in [1.29, 1.82) is 0 Å². The maximum atomic E-state index is 5.19. The highest BCUT2D eigenvalue weighted by Crippen LogP contribution is 2.23. The third-order valence-electron chi connectivity index (χ3n) is 4.70. The monoisotopic (exact) mass is 404 g/mol. The van der Waals surface area contributed by atoms with Crippen molar-refractivity contribution < 1.29 is 9.47 Å². The van der Waals surface area contributed by atoms with Gasteiger partial charge in [0, 0.05) is 25.2 Å². The van der Waals surface area contributed by atoms with Gasteiger partial charge in [-0.15, -0.1) is 0 Å². The highest BCUT2D eigenvalue weighted by molar-refractivity contribution is 5.64. The fourth-order valence-electron chi connectivity index (χ4n) is 3.04. The number of methoxy groups -OCH3 is 2. The summed E-state index contributed by atoms with van der Waals surface area (Å²) in [5, 5.41) is 21.3. The summed E-state index contributed by atoms with van der Waals surface area (Å²) < 4.78 is 10.4. The van der Waals surface area contributed by atoms with Crippen LogP contribution < -0.4 is 20.1 Å². The van der Waals surface area contributed by atoms with E-state index in [1.165, 1.54) is 0 Å². The Balaban J connectivity index is 1.26. The van der Waals surface area contributed by atoms with Crippen LogP contribution in [0.2, 0.25) is 0 Å². The van der Waals surface area contributed by atoms with Crippen LogP contribution in [0.3, 0.4) is 0 Å². The lowest BCUT2D eigenvalue weighted by Gasteiger charge is -2.03. The van der Waals surface area contributed by atoms with E-state index in [2.05, 4.69) is 31.0 Å². The molecule has 4 N–H and O–H groups in total. The van der Waals surface area contributed by atoms with E-state index in [4.69, 9.17) is 9.47 Å². The largest absolute Gasteiger partial charge is 0.497 e. The van der Waals surface area contributed by atoms with Crippen LogP contribution in [0.4, 0.5) is 11.6 Å². The maximum absolute atomic E-state index is 5.19. The first-order valence-corrected chi connectivity index (χ1v) is 9.62. The van der Waals surface area contributed by atoms with Crippen molar-refractivity contribution >= 4 is 11.6 Å². The molecule has 8 nitrogen and oxygen atoms in total. The van der Waals surface area contributed by atoms with Gasteiger partial charge in [0.2, 0.25) is 0 Å². The molecule has 0 saturated heterocycles. The minimum Gasteiger partial charge on any atom is -0.497 e. The average molecular weight is 404 g/mol. The van der Waals surface area contributed by atoms with Gasteiger partial charge < -0.3 is 20.1 Å². The number of benzene rings is 2. The predicted molar refractivity (Wildman–Crippen MR) is 118 cm³/mol. The van der Waals surface area contributed by atoms with Gasteiger partial charge in [-0.3, -0.25) is 10.2 Å². The number of hydrogen-bond donors (Lipinski definition) is 4. The molecular weight excluding hydrogens is 380 g/mol. The molecule has 0 radical (unpaired) electrons. The second kappa shape index (κ2) is 9.04. The van der Waals surface area contributed by atoms with Gasteiger partial charge in [-0.05, 0) is 59.7 Å². The van der Waals surface area contributed by atoms with Gasteiger partial charge in [0.25, 0.3) is 0 Å². The van der Waals surface area contributed by atoms with Crippen molar-refractivity contribution in [3.8, 4) is 34.0 Å². The van der Waals surface area contributed by atoms with Crippen LogP contribution in [-0.2, 0) is 0 Å². The molecule has 2 heterocycles. The summed E-state index contributed by atoms with van der Waals surface area (Å²) >= 11 is 0. The zero-order valence-corrected chi connectivity index (χ0v) is 16.9. The first kappa shape index (κ1) is 19.4. The van der Waals surface area contributed by atoms with E-state index in [0.717, 1.165) is 45.6 Å². The summed E-state index contributed by atoms with van der Waals surface area (Å²) in [7, 11) is 3.31. The lowest BCUT2D eigenvalue weighted by molar-refractivity contribution is 0.415. The van der Waals surface area contributed by atoms with Crippen LogP contribution in [0.15, 0.2) is 60.7 Å². The zero-order chi connectivity index (χ0) is 20.8. The molecule has 0 saturated carbocycles. The van der Waals surface area contributed by atoms with Gasteiger partial charge in [-0.25, -0.2) is 0 Å². The van der Waals surface area contributed by atoms with Gasteiger partial charge >= 0.3 is 0 Å². The number of aromatic nitrogens is 4. The third-order valence-corrected chi connectivity index (χ3v) is 4.70. The molecule has 4 rings (SSSR count). The Labute approximate surface area is 174 Å². The molecular formula is C22H24N6O2. The molecule has 0 fully saturated rings. The molecule has 2 aromatic carbocycles.